The number of hydrogen-bond acceptors (Lipinski definition) is 2. The molecule has 14 heavy (non-hydrogen) atoms. The first-order valence-electron chi connectivity index (χ1n) is 4.99. The highest BCUT2D eigenvalue weighted by Gasteiger charge is 2.19. The average molecular weight is 256 g/mol. The van der Waals surface area contributed by atoms with Crippen molar-refractivity contribution >= 4 is 21.6 Å². The molecule has 0 fully saturated rings. The number of para-hydroxylation sites is 1. The summed E-state index contributed by atoms with van der Waals surface area (Å²) in [6.07, 6.45) is 1.17. The van der Waals surface area contributed by atoms with Gasteiger partial charge < -0.3 is 9.64 Å². The van der Waals surface area contributed by atoms with Crippen LogP contribution >= 0.6 is 15.9 Å². The lowest BCUT2D eigenvalue weighted by molar-refractivity contribution is 0.307. The molecule has 2 rings (SSSR count). The Morgan fingerprint density at radius 1 is 1.50 bits per heavy atom. The fraction of sp³-hybridized carbons (Fsp3) is 0.455. The summed E-state index contributed by atoms with van der Waals surface area (Å²) in [5.74, 6) is 0.999. The lowest BCUT2D eigenvalue weighted by Gasteiger charge is -2.31. The monoisotopic (exact) mass is 255 g/mol. The molecule has 0 radical (unpaired) electrons. The molecule has 0 N–H and O–H groups in total. The standard InChI is InChI=1S/C11H14BrNO/c1-2-6-13-7-8-14-10-5-3-4-9(12)11(10)13/h3-5H,2,6-8H2,1H3. The van der Waals surface area contributed by atoms with Gasteiger partial charge in [-0.2, -0.15) is 0 Å². The van der Waals surface area contributed by atoms with Gasteiger partial charge in [0.15, 0.2) is 0 Å². The van der Waals surface area contributed by atoms with E-state index in [1.807, 2.05) is 12.1 Å². The first-order chi connectivity index (χ1) is 6.83. The fourth-order valence-electron chi connectivity index (χ4n) is 1.79. The van der Waals surface area contributed by atoms with Crippen molar-refractivity contribution in [2.24, 2.45) is 0 Å². The van der Waals surface area contributed by atoms with Crippen LogP contribution in [-0.4, -0.2) is 19.7 Å². The summed E-state index contributed by atoms with van der Waals surface area (Å²) in [6.45, 7) is 5.08. The van der Waals surface area contributed by atoms with Gasteiger partial charge >= 0.3 is 0 Å². The van der Waals surface area contributed by atoms with Gasteiger partial charge in [-0.15, -0.1) is 0 Å². The third kappa shape index (κ3) is 1.73. The zero-order valence-electron chi connectivity index (χ0n) is 8.29. The van der Waals surface area contributed by atoms with Gasteiger partial charge in [0.2, 0.25) is 0 Å². The van der Waals surface area contributed by atoms with E-state index in [0.29, 0.717) is 0 Å². The third-order valence-electron chi connectivity index (χ3n) is 2.38. The lowest BCUT2D eigenvalue weighted by Crippen LogP contribution is -2.33. The molecule has 2 nitrogen and oxygen atoms in total. The Bertz CT molecular complexity index is 327. The van der Waals surface area contributed by atoms with Gasteiger partial charge in [0.05, 0.1) is 12.2 Å². The zero-order valence-corrected chi connectivity index (χ0v) is 9.88. The molecule has 0 aliphatic carbocycles. The number of benzene rings is 1. The molecule has 0 unspecified atom stereocenters. The van der Waals surface area contributed by atoms with Crippen molar-refractivity contribution < 1.29 is 4.74 Å². The van der Waals surface area contributed by atoms with E-state index in [1.54, 1.807) is 0 Å². The van der Waals surface area contributed by atoms with Crippen molar-refractivity contribution in [1.82, 2.24) is 0 Å². The van der Waals surface area contributed by atoms with E-state index >= 15 is 0 Å². The Balaban J connectivity index is 2.36. The van der Waals surface area contributed by atoms with E-state index in [1.165, 1.54) is 12.1 Å². The summed E-state index contributed by atoms with van der Waals surface area (Å²) >= 11 is 3.57. The van der Waals surface area contributed by atoms with E-state index in [0.717, 1.165) is 29.9 Å². The fourth-order valence-corrected chi connectivity index (χ4v) is 2.39. The Labute approximate surface area is 93.0 Å². The summed E-state index contributed by atoms with van der Waals surface area (Å²) in [7, 11) is 0. The quantitative estimate of drug-likeness (QED) is 0.806. The first-order valence-corrected chi connectivity index (χ1v) is 5.78. The molecule has 0 amide bonds. The molecular weight excluding hydrogens is 242 g/mol. The topological polar surface area (TPSA) is 12.5 Å². The number of anilines is 1. The van der Waals surface area contributed by atoms with Crippen LogP contribution in [0.4, 0.5) is 5.69 Å². The van der Waals surface area contributed by atoms with Gasteiger partial charge in [0, 0.05) is 11.0 Å². The number of rotatable bonds is 2. The van der Waals surface area contributed by atoms with Crippen molar-refractivity contribution in [3.05, 3.63) is 22.7 Å². The van der Waals surface area contributed by atoms with Crippen LogP contribution in [0.1, 0.15) is 13.3 Å². The van der Waals surface area contributed by atoms with E-state index in [-0.39, 0.29) is 0 Å². The van der Waals surface area contributed by atoms with E-state index in [4.69, 9.17) is 4.74 Å². The maximum Gasteiger partial charge on any atom is 0.143 e. The lowest BCUT2D eigenvalue weighted by atomic mass is 10.2. The summed E-state index contributed by atoms with van der Waals surface area (Å²) in [4.78, 5) is 2.38. The maximum absolute atomic E-state index is 5.61. The highest BCUT2D eigenvalue weighted by Crippen LogP contribution is 2.37. The van der Waals surface area contributed by atoms with Crippen LogP contribution in [-0.2, 0) is 0 Å². The van der Waals surface area contributed by atoms with Crippen molar-refractivity contribution in [3.63, 3.8) is 0 Å². The van der Waals surface area contributed by atoms with Crippen molar-refractivity contribution in [3.8, 4) is 5.75 Å². The minimum atomic E-state index is 0.795. The Hall–Kier alpha value is -0.700. The smallest absolute Gasteiger partial charge is 0.143 e. The molecule has 1 aromatic rings. The largest absolute Gasteiger partial charge is 0.490 e. The molecule has 0 saturated carbocycles. The molecule has 1 aliphatic rings. The average Bonchev–Trinajstić information content (AvgIpc) is 2.19. The van der Waals surface area contributed by atoms with Crippen molar-refractivity contribution in [1.29, 1.82) is 0 Å². The molecule has 0 aromatic heterocycles. The second-order valence-corrected chi connectivity index (χ2v) is 4.28. The second-order valence-electron chi connectivity index (χ2n) is 3.42. The first kappa shape index (κ1) is 9.84. The van der Waals surface area contributed by atoms with Crippen molar-refractivity contribution in [2.45, 2.75) is 13.3 Å². The van der Waals surface area contributed by atoms with Crippen LogP contribution in [0.2, 0.25) is 0 Å². The summed E-state index contributed by atoms with van der Waals surface area (Å²) in [5, 5.41) is 0. The Morgan fingerprint density at radius 3 is 3.14 bits per heavy atom. The molecule has 1 heterocycles. The Kier molecular flexibility index (Phi) is 2.96. The maximum atomic E-state index is 5.61. The van der Waals surface area contributed by atoms with Crippen LogP contribution in [0.5, 0.6) is 5.75 Å². The highest BCUT2D eigenvalue weighted by molar-refractivity contribution is 9.10. The van der Waals surface area contributed by atoms with Gasteiger partial charge in [0.25, 0.3) is 0 Å². The Morgan fingerprint density at radius 2 is 2.36 bits per heavy atom. The highest BCUT2D eigenvalue weighted by atomic mass is 79.9. The SMILES string of the molecule is CCCN1CCOc2cccc(Br)c21. The molecule has 3 heteroatoms. The van der Waals surface area contributed by atoms with E-state index in [9.17, 15) is 0 Å². The second kappa shape index (κ2) is 4.22. The summed E-state index contributed by atoms with van der Waals surface area (Å²) < 4.78 is 6.74. The van der Waals surface area contributed by atoms with Gasteiger partial charge in [-0.1, -0.05) is 13.0 Å². The number of hydrogen-bond donors (Lipinski definition) is 0. The van der Waals surface area contributed by atoms with Gasteiger partial charge in [-0.05, 0) is 34.5 Å². The predicted octanol–water partition coefficient (Wildman–Crippen LogP) is 3.06. The number of ether oxygens (including phenoxy) is 1. The van der Waals surface area contributed by atoms with E-state index in [2.05, 4.69) is 33.8 Å². The number of halogens is 1. The molecule has 1 aromatic carbocycles. The predicted molar refractivity (Wildman–Crippen MR) is 62.1 cm³/mol. The van der Waals surface area contributed by atoms with Gasteiger partial charge in [-0.25, -0.2) is 0 Å². The normalized spacial score (nSPS) is 14.9. The van der Waals surface area contributed by atoms with Gasteiger partial charge in [0.1, 0.15) is 12.4 Å². The molecule has 0 saturated heterocycles. The van der Waals surface area contributed by atoms with Crippen LogP contribution in [0.15, 0.2) is 22.7 Å². The van der Waals surface area contributed by atoms with Crippen LogP contribution in [0.25, 0.3) is 0 Å². The molecular formula is C11H14BrNO. The number of nitrogens with zero attached hydrogens (tertiary/aromatic N) is 1. The van der Waals surface area contributed by atoms with Crippen molar-refractivity contribution in [2.75, 3.05) is 24.6 Å². The molecule has 0 atom stereocenters. The third-order valence-corrected chi connectivity index (χ3v) is 3.02. The minimum absolute atomic E-state index is 0.795. The molecule has 1 aliphatic heterocycles. The number of fused-ring (bicyclic) bond motifs is 1. The minimum Gasteiger partial charge on any atom is -0.490 e. The van der Waals surface area contributed by atoms with Crippen LogP contribution < -0.4 is 9.64 Å². The van der Waals surface area contributed by atoms with Crippen LogP contribution in [0, 0.1) is 0 Å². The zero-order chi connectivity index (χ0) is 9.97. The van der Waals surface area contributed by atoms with Gasteiger partial charge in [-0.3, -0.25) is 0 Å². The molecule has 0 spiro atoms. The molecule has 0 bridgehead atoms. The summed E-state index contributed by atoms with van der Waals surface area (Å²) in [5.41, 5.74) is 1.21. The van der Waals surface area contributed by atoms with Crippen LogP contribution in [0.3, 0.4) is 0 Å². The summed E-state index contributed by atoms with van der Waals surface area (Å²) in [6, 6.07) is 6.11. The molecule has 76 valence electrons. The van der Waals surface area contributed by atoms with E-state index < -0.39 is 0 Å².